The Labute approximate surface area is 101 Å². The molecule has 17 heavy (non-hydrogen) atoms. The quantitative estimate of drug-likeness (QED) is 0.865. The van der Waals surface area contributed by atoms with Gasteiger partial charge in [0.2, 0.25) is 0 Å². The third-order valence-corrected chi connectivity index (χ3v) is 3.29. The summed E-state index contributed by atoms with van der Waals surface area (Å²) < 4.78 is 0. The molecule has 3 nitrogen and oxygen atoms in total. The Morgan fingerprint density at radius 2 is 2.00 bits per heavy atom. The average Bonchev–Trinajstić information content (AvgIpc) is 2.38. The van der Waals surface area contributed by atoms with Gasteiger partial charge >= 0.3 is 0 Å². The monoisotopic (exact) mass is 228 g/mol. The molecule has 0 saturated heterocycles. The van der Waals surface area contributed by atoms with Crippen LogP contribution in [0.25, 0.3) is 0 Å². The van der Waals surface area contributed by atoms with Gasteiger partial charge in [0.15, 0.2) is 0 Å². The van der Waals surface area contributed by atoms with Crippen LogP contribution in [-0.4, -0.2) is 12.3 Å². The second-order valence-electron chi connectivity index (χ2n) is 4.52. The standard InChI is InChI=1S/C14H16N2O/c15-9-12-3-1-2-4-14(12)16-10-11-5-7-13(17)8-6-11/h1-4,11,16H,5-8,10H2. The molecule has 0 heterocycles. The Hall–Kier alpha value is -1.82. The Morgan fingerprint density at radius 1 is 1.29 bits per heavy atom. The van der Waals surface area contributed by atoms with Gasteiger partial charge in [0.25, 0.3) is 0 Å². The van der Waals surface area contributed by atoms with Gasteiger partial charge in [-0.05, 0) is 30.9 Å². The van der Waals surface area contributed by atoms with Crippen LogP contribution >= 0.6 is 0 Å². The predicted molar refractivity (Wildman–Crippen MR) is 66.6 cm³/mol. The van der Waals surface area contributed by atoms with E-state index in [9.17, 15) is 4.79 Å². The maximum absolute atomic E-state index is 11.1. The summed E-state index contributed by atoms with van der Waals surface area (Å²) in [5.74, 6) is 0.943. The highest BCUT2D eigenvalue weighted by Gasteiger charge is 2.18. The molecule has 0 aromatic heterocycles. The van der Waals surface area contributed by atoms with Crippen molar-refractivity contribution in [1.29, 1.82) is 5.26 Å². The first-order valence-electron chi connectivity index (χ1n) is 6.04. The number of anilines is 1. The molecule has 1 aromatic rings. The van der Waals surface area contributed by atoms with Crippen molar-refractivity contribution < 1.29 is 4.79 Å². The molecule has 0 aliphatic heterocycles. The Balaban J connectivity index is 1.90. The minimum absolute atomic E-state index is 0.388. The first-order chi connectivity index (χ1) is 8.29. The topological polar surface area (TPSA) is 52.9 Å². The van der Waals surface area contributed by atoms with Crippen LogP contribution in [0.1, 0.15) is 31.2 Å². The molecule has 3 heteroatoms. The summed E-state index contributed by atoms with van der Waals surface area (Å²) in [5, 5.41) is 12.3. The smallest absolute Gasteiger partial charge is 0.132 e. The number of para-hydroxylation sites is 1. The summed E-state index contributed by atoms with van der Waals surface area (Å²) in [6.07, 6.45) is 3.37. The molecule has 0 bridgehead atoms. The van der Waals surface area contributed by atoms with Crippen molar-refractivity contribution in [2.45, 2.75) is 25.7 Å². The van der Waals surface area contributed by atoms with Crippen LogP contribution in [0.5, 0.6) is 0 Å². The van der Waals surface area contributed by atoms with Crippen LogP contribution in [0.15, 0.2) is 24.3 Å². The Bertz CT molecular complexity index is 438. The zero-order valence-electron chi connectivity index (χ0n) is 9.78. The van der Waals surface area contributed by atoms with Gasteiger partial charge in [0.1, 0.15) is 11.9 Å². The number of benzene rings is 1. The largest absolute Gasteiger partial charge is 0.384 e. The molecule has 88 valence electrons. The number of ketones is 1. The van der Waals surface area contributed by atoms with Gasteiger partial charge in [-0.3, -0.25) is 4.79 Å². The van der Waals surface area contributed by atoms with Crippen LogP contribution in [-0.2, 0) is 4.79 Å². The average molecular weight is 228 g/mol. The lowest BCUT2D eigenvalue weighted by Gasteiger charge is -2.21. The molecule has 1 aliphatic rings. The summed E-state index contributed by atoms with van der Waals surface area (Å²) >= 11 is 0. The molecule has 1 saturated carbocycles. The maximum Gasteiger partial charge on any atom is 0.132 e. The van der Waals surface area contributed by atoms with E-state index in [0.29, 0.717) is 30.1 Å². The molecular weight excluding hydrogens is 212 g/mol. The zero-order valence-corrected chi connectivity index (χ0v) is 9.78. The number of nitrogens with one attached hydrogen (secondary N) is 1. The van der Waals surface area contributed by atoms with Crippen LogP contribution in [0.4, 0.5) is 5.69 Å². The molecule has 0 atom stereocenters. The summed E-state index contributed by atoms with van der Waals surface area (Å²) in [6, 6.07) is 9.70. The number of carbonyl (C=O) groups excluding carboxylic acids is 1. The van der Waals surface area contributed by atoms with Gasteiger partial charge in [-0.2, -0.15) is 5.26 Å². The normalized spacial score (nSPS) is 16.5. The number of nitriles is 1. The number of rotatable bonds is 3. The van der Waals surface area contributed by atoms with E-state index in [1.165, 1.54) is 0 Å². The lowest BCUT2D eigenvalue weighted by molar-refractivity contribution is -0.120. The van der Waals surface area contributed by atoms with Gasteiger partial charge in [-0.25, -0.2) is 0 Å². The van der Waals surface area contributed by atoms with Crippen molar-refractivity contribution in [3.63, 3.8) is 0 Å². The van der Waals surface area contributed by atoms with E-state index in [-0.39, 0.29) is 0 Å². The van der Waals surface area contributed by atoms with Gasteiger partial charge < -0.3 is 5.32 Å². The maximum atomic E-state index is 11.1. The summed E-state index contributed by atoms with van der Waals surface area (Å²) in [5.41, 5.74) is 1.58. The molecule has 1 aromatic carbocycles. The number of Topliss-reactive ketones (excluding diaryl/α,β-unsaturated/α-hetero) is 1. The van der Waals surface area contributed by atoms with Crippen molar-refractivity contribution in [1.82, 2.24) is 0 Å². The Kier molecular flexibility index (Phi) is 3.77. The molecule has 1 aliphatic carbocycles. The van der Waals surface area contributed by atoms with Crippen molar-refractivity contribution >= 4 is 11.5 Å². The molecular formula is C14H16N2O. The lowest BCUT2D eigenvalue weighted by Crippen LogP contribution is -2.21. The number of nitrogens with zero attached hydrogens (tertiary/aromatic N) is 1. The van der Waals surface area contributed by atoms with Crippen molar-refractivity contribution in [2.75, 3.05) is 11.9 Å². The molecule has 0 radical (unpaired) electrons. The second-order valence-corrected chi connectivity index (χ2v) is 4.52. The summed E-state index contributed by atoms with van der Waals surface area (Å²) in [6.45, 7) is 0.853. The van der Waals surface area contributed by atoms with Crippen LogP contribution < -0.4 is 5.32 Å². The molecule has 0 unspecified atom stereocenters. The number of hydrogen-bond acceptors (Lipinski definition) is 3. The third kappa shape index (κ3) is 3.07. The SMILES string of the molecule is N#Cc1ccccc1NCC1CCC(=O)CC1. The number of carbonyl (C=O) groups is 1. The fourth-order valence-electron chi connectivity index (χ4n) is 2.19. The van der Waals surface area contributed by atoms with E-state index < -0.39 is 0 Å². The Morgan fingerprint density at radius 3 is 2.71 bits per heavy atom. The molecule has 1 N–H and O–H groups in total. The van der Waals surface area contributed by atoms with Crippen molar-refractivity contribution in [2.24, 2.45) is 5.92 Å². The van der Waals surface area contributed by atoms with Gasteiger partial charge in [-0.15, -0.1) is 0 Å². The summed E-state index contributed by atoms with van der Waals surface area (Å²) in [7, 11) is 0. The van der Waals surface area contributed by atoms with E-state index in [1.807, 2.05) is 24.3 Å². The minimum Gasteiger partial charge on any atom is -0.384 e. The van der Waals surface area contributed by atoms with E-state index in [0.717, 1.165) is 25.1 Å². The first-order valence-corrected chi connectivity index (χ1v) is 6.04. The highest BCUT2D eigenvalue weighted by atomic mass is 16.1. The predicted octanol–water partition coefficient (Wildman–Crippen LogP) is 2.73. The fraction of sp³-hybridized carbons (Fsp3) is 0.429. The molecule has 2 rings (SSSR count). The lowest BCUT2D eigenvalue weighted by atomic mass is 9.88. The van der Waals surface area contributed by atoms with Crippen LogP contribution in [0.2, 0.25) is 0 Å². The third-order valence-electron chi connectivity index (χ3n) is 3.29. The van der Waals surface area contributed by atoms with Crippen molar-refractivity contribution in [3.8, 4) is 6.07 Å². The van der Waals surface area contributed by atoms with Gasteiger partial charge in [0, 0.05) is 19.4 Å². The van der Waals surface area contributed by atoms with Gasteiger partial charge in [-0.1, -0.05) is 12.1 Å². The molecule has 0 amide bonds. The van der Waals surface area contributed by atoms with Crippen LogP contribution in [0.3, 0.4) is 0 Å². The molecule has 1 fully saturated rings. The fourth-order valence-corrected chi connectivity index (χ4v) is 2.19. The highest BCUT2D eigenvalue weighted by Crippen LogP contribution is 2.22. The van der Waals surface area contributed by atoms with E-state index in [2.05, 4.69) is 11.4 Å². The summed E-state index contributed by atoms with van der Waals surface area (Å²) in [4.78, 5) is 11.1. The zero-order chi connectivity index (χ0) is 12.1. The van der Waals surface area contributed by atoms with Gasteiger partial charge in [0.05, 0.1) is 11.3 Å². The van der Waals surface area contributed by atoms with E-state index >= 15 is 0 Å². The number of hydrogen-bond donors (Lipinski definition) is 1. The van der Waals surface area contributed by atoms with Crippen molar-refractivity contribution in [3.05, 3.63) is 29.8 Å². The van der Waals surface area contributed by atoms with E-state index in [1.54, 1.807) is 0 Å². The van der Waals surface area contributed by atoms with E-state index in [4.69, 9.17) is 5.26 Å². The highest BCUT2D eigenvalue weighted by molar-refractivity contribution is 5.79. The molecule has 0 spiro atoms. The second kappa shape index (κ2) is 5.49. The minimum atomic E-state index is 0.388. The first kappa shape index (κ1) is 11.7. The van der Waals surface area contributed by atoms with Crippen LogP contribution in [0, 0.1) is 17.2 Å².